The topological polar surface area (TPSA) is 102 Å². The van der Waals surface area contributed by atoms with Gasteiger partial charge in [0.25, 0.3) is 0 Å². The quantitative estimate of drug-likeness (QED) is 0.808. The number of carbonyl (C=O) groups excluding carboxylic acids is 1. The summed E-state index contributed by atoms with van der Waals surface area (Å²) < 4.78 is 10.0. The van der Waals surface area contributed by atoms with Crippen LogP contribution in [-0.4, -0.2) is 40.9 Å². The van der Waals surface area contributed by atoms with Crippen LogP contribution in [0.15, 0.2) is 4.52 Å². The van der Waals surface area contributed by atoms with Crippen LogP contribution in [0, 0.1) is 13.8 Å². The smallest absolute Gasteiger partial charge is 0.331 e. The van der Waals surface area contributed by atoms with E-state index in [0.29, 0.717) is 23.6 Å². The fourth-order valence-electron chi connectivity index (χ4n) is 2.11. The van der Waals surface area contributed by atoms with Crippen molar-refractivity contribution in [2.45, 2.75) is 32.2 Å². The minimum Gasteiger partial charge on any atom is -0.479 e. The van der Waals surface area contributed by atoms with Crippen molar-refractivity contribution >= 4 is 11.9 Å². The first-order valence-electron chi connectivity index (χ1n) is 5.98. The van der Waals surface area contributed by atoms with Crippen molar-refractivity contribution in [1.29, 1.82) is 0 Å². The van der Waals surface area contributed by atoms with Gasteiger partial charge in [0.1, 0.15) is 5.76 Å². The van der Waals surface area contributed by atoms with Gasteiger partial charge in [0.15, 0.2) is 5.54 Å². The molecule has 1 saturated heterocycles. The lowest BCUT2D eigenvalue weighted by atomic mass is 9.98. The lowest BCUT2D eigenvalue weighted by molar-refractivity contribution is -0.147. The summed E-state index contributed by atoms with van der Waals surface area (Å²) >= 11 is 0. The summed E-state index contributed by atoms with van der Waals surface area (Å²) in [7, 11) is 0. The molecule has 1 atom stereocenters. The maximum atomic E-state index is 12.0. The minimum atomic E-state index is -1.31. The highest BCUT2D eigenvalue weighted by Gasteiger charge is 2.43. The van der Waals surface area contributed by atoms with E-state index in [9.17, 15) is 14.7 Å². The van der Waals surface area contributed by atoms with Gasteiger partial charge in [-0.2, -0.15) is 0 Å². The van der Waals surface area contributed by atoms with Crippen molar-refractivity contribution in [3.05, 3.63) is 17.0 Å². The molecule has 7 heteroatoms. The molecule has 1 amide bonds. The summed E-state index contributed by atoms with van der Waals surface area (Å²) in [5.41, 5.74) is 0.0208. The molecule has 0 aromatic carbocycles. The van der Waals surface area contributed by atoms with Gasteiger partial charge in [-0.25, -0.2) is 4.79 Å². The van der Waals surface area contributed by atoms with E-state index in [4.69, 9.17) is 9.26 Å². The van der Waals surface area contributed by atoms with Crippen molar-refractivity contribution in [2.24, 2.45) is 0 Å². The molecule has 0 spiro atoms. The number of carbonyl (C=O) groups is 2. The SMILES string of the molecule is Cc1noc(C)c1CC(=O)NC1(C(=O)O)CCOC1. The molecule has 0 radical (unpaired) electrons. The van der Waals surface area contributed by atoms with Gasteiger partial charge in [0, 0.05) is 18.6 Å². The predicted octanol–water partition coefficient (Wildman–Crippen LogP) is 0.194. The van der Waals surface area contributed by atoms with Crippen LogP contribution in [0.1, 0.15) is 23.4 Å². The number of amides is 1. The summed E-state index contributed by atoms with van der Waals surface area (Å²) in [4.78, 5) is 23.3. The Labute approximate surface area is 109 Å². The minimum absolute atomic E-state index is 0.00429. The summed E-state index contributed by atoms with van der Waals surface area (Å²) in [5.74, 6) is -0.876. The number of hydrogen-bond acceptors (Lipinski definition) is 5. The Morgan fingerprint density at radius 3 is 2.68 bits per heavy atom. The molecule has 7 nitrogen and oxygen atoms in total. The summed E-state index contributed by atoms with van der Waals surface area (Å²) in [6.45, 7) is 3.78. The van der Waals surface area contributed by atoms with Gasteiger partial charge in [0.2, 0.25) is 5.91 Å². The second-order valence-electron chi connectivity index (χ2n) is 4.72. The third-order valence-electron chi connectivity index (χ3n) is 3.33. The number of aromatic nitrogens is 1. The van der Waals surface area contributed by atoms with Gasteiger partial charge in [-0.1, -0.05) is 5.16 Å². The lowest BCUT2D eigenvalue weighted by Gasteiger charge is -2.23. The first-order chi connectivity index (χ1) is 8.94. The maximum Gasteiger partial charge on any atom is 0.331 e. The largest absolute Gasteiger partial charge is 0.479 e. The van der Waals surface area contributed by atoms with E-state index in [1.807, 2.05) is 0 Å². The van der Waals surface area contributed by atoms with Gasteiger partial charge >= 0.3 is 5.97 Å². The van der Waals surface area contributed by atoms with Crippen molar-refractivity contribution in [2.75, 3.05) is 13.2 Å². The molecule has 2 N–H and O–H groups in total. The molecule has 1 aliphatic heterocycles. The van der Waals surface area contributed by atoms with Crippen LogP contribution < -0.4 is 5.32 Å². The summed E-state index contributed by atoms with van der Waals surface area (Å²) in [5, 5.41) is 15.5. The van der Waals surface area contributed by atoms with Crippen LogP contribution in [0.5, 0.6) is 0 Å². The third kappa shape index (κ3) is 2.60. The number of nitrogens with one attached hydrogen (secondary N) is 1. The highest BCUT2D eigenvalue weighted by Crippen LogP contribution is 2.20. The Morgan fingerprint density at radius 2 is 2.21 bits per heavy atom. The van der Waals surface area contributed by atoms with Crippen LogP contribution in [0.3, 0.4) is 0 Å². The van der Waals surface area contributed by atoms with Crippen molar-refractivity contribution < 1.29 is 24.0 Å². The zero-order valence-corrected chi connectivity index (χ0v) is 10.9. The molecule has 2 heterocycles. The Balaban J connectivity index is 2.07. The molecule has 1 aromatic heterocycles. The van der Waals surface area contributed by atoms with Crippen molar-refractivity contribution in [1.82, 2.24) is 10.5 Å². The van der Waals surface area contributed by atoms with Gasteiger partial charge in [0.05, 0.1) is 18.7 Å². The Bertz CT molecular complexity index is 483. The number of ether oxygens (including phenoxy) is 1. The highest BCUT2D eigenvalue weighted by atomic mass is 16.5. The molecule has 1 unspecified atom stereocenters. The molecule has 0 bridgehead atoms. The first-order valence-corrected chi connectivity index (χ1v) is 5.98. The number of aryl methyl sites for hydroxylation is 2. The average Bonchev–Trinajstić information content (AvgIpc) is 2.92. The van der Waals surface area contributed by atoms with Crippen molar-refractivity contribution in [3.8, 4) is 0 Å². The predicted molar refractivity (Wildman–Crippen MR) is 63.6 cm³/mol. The second-order valence-corrected chi connectivity index (χ2v) is 4.72. The summed E-state index contributed by atoms with van der Waals surface area (Å²) in [6.07, 6.45) is 0.325. The highest BCUT2D eigenvalue weighted by molar-refractivity contribution is 5.88. The fraction of sp³-hybridized carbons (Fsp3) is 0.583. The molecule has 104 valence electrons. The average molecular weight is 268 g/mol. The molecule has 1 fully saturated rings. The van der Waals surface area contributed by atoms with E-state index in [1.165, 1.54) is 0 Å². The second kappa shape index (κ2) is 5.00. The molecule has 2 rings (SSSR count). The number of carboxylic acids is 1. The van der Waals surface area contributed by atoms with E-state index in [0.717, 1.165) is 0 Å². The molecule has 1 aliphatic rings. The van der Waals surface area contributed by atoms with Gasteiger partial charge < -0.3 is 19.7 Å². The molecule has 0 aliphatic carbocycles. The Hall–Kier alpha value is -1.89. The molecule has 19 heavy (non-hydrogen) atoms. The third-order valence-corrected chi connectivity index (χ3v) is 3.33. The standard InChI is InChI=1S/C12H16N2O5/c1-7-9(8(2)19-14-7)5-10(15)13-12(11(16)17)3-4-18-6-12/h3-6H2,1-2H3,(H,13,15)(H,16,17). The van der Waals surface area contributed by atoms with Crippen LogP contribution in [0.25, 0.3) is 0 Å². The molecule has 0 saturated carbocycles. The molecular formula is C12H16N2O5. The summed E-state index contributed by atoms with van der Waals surface area (Å²) in [6, 6.07) is 0. The molecule has 1 aromatic rings. The van der Waals surface area contributed by atoms with Crippen LogP contribution in [0.2, 0.25) is 0 Å². The fourth-order valence-corrected chi connectivity index (χ4v) is 2.11. The van der Waals surface area contributed by atoms with E-state index in [1.54, 1.807) is 13.8 Å². The Morgan fingerprint density at radius 1 is 1.47 bits per heavy atom. The van der Waals surface area contributed by atoms with E-state index in [2.05, 4.69) is 10.5 Å². The Kier molecular flexibility index (Phi) is 3.57. The monoisotopic (exact) mass is 268 g/mol. The lowest BCUT2D eigenvalue weighted by Crippen LogP contribution is -2.55. The number of aliphatic carboxylic acids is 1. The van der Waals surface area contributed by atoms with Gasteiger partial charge in [-0.05, 0) is 13.8 Å². The first kappa shape index (κ1) is 13.5. The zero-order chi connectivity index (χ0) is 14.0. The normalized spacial score (nSPS) is 22.4. The number of rotatable bonds is 4. The van der Waals surface area contributed by atoms with Gasteiger partial charge in [-0.15, -0.1) is 0 Å². The van der Waals surface area contributed by atoms with E-state index < -0.39 is 11.5 Å². The number of hydrogen-bond donors (Lipinski definition) is 2. The maximum absolute atomic E-state index is 12.0. The van der Waals surface area contributed by atoms with Crippen LogP contribution >= 0.6 is 0 Å². The number of carboxylic acid groups (broad SMARTS) is 1. The zero-order valence-electron chi connectivity index (χ0n) is 10.9. The van der Waals surface area contributed by atoms with Crippen LogP contribution in [-0.2, 0) is 20.7 Å². The van der Waals surface area contributed by atoms with Crippen LogP contribution in [0.4, 0.5) is 0 Å². The number of nitrogens with zero attached hydrogens (tertiary/aromatic N) is 1. The van der Waals surface area contributed by atoms with Crippen molar-refractivity contribution in [3.63, 3.8) is 0 Å². The van der Waals surface area contributed by atoms with E-state index >= 15 is 0 Å². The molecular weight excluding hydrogens is 252 g/mol. The van der Waals surface area contributed by atoms with E-state index in [-0.39, 0.29) is 25.4 Å². The van der Waals surface area contributed by atoms with Gasteiger partial charge in [-0.3, -0.25) is 4.79 Å².